The topological polar surface area (TPSA) is 40.5 Å². The summed E-state index contributed by atoms with van der Waals surface area (Å²) in [5.41, 5.74) is 0. The first-order valence-electron chi connectivity index (χ1n) is 4.43. The number of aliphatic hydroxyl groups is 2. The summed E-state index contributed by atoms with van der Waals surface area (Å²) in [6.45, 7) is 8.51. The van der Waals surface area contributed by atoms with Crippen molar-refractivity contribution in [1.82, 2.24) is 0 Å². The van der Waals surface area contributed by atoms with Crippen LogP contribution in [0.15, 0.2) is 11.3 Å². The molecule has 0 aromatic carbocycles. The van der Waals surface area contributed by atoms with Crippen LogP contribution in [-0.4, -0.2) is 31.0 Å². The van der Waals surface area contributed by atoms with Crippen LogP contribution in [0.25, 0.3) is 0 Å². The van der Waals surface area contributed by atoms with Crippen LogP contribution in [-0.2, 0) is 0 Å². The van der Waals surface area contributed by atoms with Crippen molar-refractivity contribution in [3.63, 3.8) is 0 Å². The van der Waals surface area contributed by atoms with E-state index in [1.54, 1.807) is 6.08 Å². The van der Waals surface area contributed by atoms with Gasteiger partial charge in [-0.3, -0.25) is 0 Å². The van der Waals surface area contributed by atoms with Gasteiger partial charge in [0.1, 0.15) is 0 Å². The van der Waals surface area contributed by atoms with Crippen molar-refractivity contribution in [2.75, 3.05) is 6.61 Å². The van der Waals surface area contributed by atoms with Gasteiger partial charge in [0.15, 0.2) is 0 Å². The fourth-order valence-electron chi connectivity index (χ4n) is 1.26. The van der Waals surface area contributed by atoms with E-state index in [4.69, 9.17) is 5.11 Å². The van der Waals surface area contributed by atoms with Crippen molar-refractivity contribution in [3.05, 3.63) is 11.3 Å². The lowest BCUT2D eigenvalue weighted by molar-refractivity contribution is 0.211. The summed E-state index contributed by atoms with van der Waals surface area (Å²) in [5.74, 6) is 0. The smallest absolute Gasteiger partial charge is 0.0754 e. The molecule has 12 heavy (non-hydrogen) atoms. The molecule has 2 N–H and O–H groups in total. The molecule has 0 saturated heterocycles. The molecule has 1 unspecified atom stereocenters. The van der Waals surface area contributed by atoms with Crippen LogP contribution >= 0.6 is 0 Å². The van der Waals surface area contributed by atoms with Crippen LogP contribution in [0.5, 0.6) is 0 Å². The quantitative estimate of drug-likeness (QED) is 0.657. The number of hydrogen-bond donors (Lipinski definition) is 2. The minimum absolute atomic E-state index is 0.0384. The van der Waals surface area contributed by atoms with Crippen molar-refractivity contribution in [2.45, 2.75) is 39.1 Å². The third kappa shape index (κ3) is 3.52. The van der Waals surface area contributed by atoms with E-state index >= 15 is 0 Å². The Labute approximate surface area is 75.9 Å². The van der Waals surface area contributed by atoms with Gasteiger partial charge in [0.05, 0.1) is 20.8 Å². The summed E-state index contributed by atoms with van der Waals surface area (Å²) in [6, 6.07) is 0. The average Bonchev–Trinajstić information content (AvgIpc) is 1.96. The molecule has 0 spiro atoms. The maximum Gasteiger partial charge on any atom is 0.0754 e. The van der Waals surface area contributed by atoms with E-state index in [0.717, 1.165) is 11.6 Å². The molecule has 0 radical (unpaired) electrons. The zero-order chi connectivity index (χ0) is 9.78. The van der Waals surface area contributed by atoms with Crippen LogP contribution in [0.3, 0.4) is 0 Å². The number of hydrogen-bond acceptors (Lipinski definition) is 2. The highest BCUT2D eigenvalue weighted by Gasteiger charge is 2.23. The van der Waals surface area contributed by atoms with Gasteiger partial charge in [0.2, 0.25) is 0 Å². The Bertz CT molecular complexity index is 158. The first-order chi connectivity index (χ1) is 5.43. The van der Waals surface area contributed by atoms with Gasteiger partial charge >= 0.3 is 0 Å². The Balaban J connectivity index is 4.56. The van der Waals surface area contributed by atoms with E-state index in [1.165, 1.54) is 0 Å². The van der Waals surface area contributed by atoms with E-state index in [2.05, 4.69) is 19.6 Å². The normalized spacial score (nSPS) is 16.3. The third-order valence-electron chi connectivity index (χ3n) is 1.92. The number of rotatable bonds is 4. The Morgan fingerprint density at radius 1 is 1.42 bits per heavy atom. The first-order valence-corrected chi connectivity index (χ1v) is 7.93. The highest BCUT2D eigenvalue weighted by molar-refractivity contribution is 6.83. The van der Waals surface area contributed by atoms with Crippen molar-refractivity contribution < 1.29 is 10.2 Å². The van der Waals surface area contributed by atoms with Gasteiger partial charge in [0.25, 0.3) is 0 Å². The molecule has 0 amide bonds. The molecule has 3 heteroatoms. The van der Waals surface area contributed by atoms with E-state index in [-0.39, 0.29) is 12.7 Å². The van der Waals surface area contributed by atoms with E-state index in [0.29, 0.717) is 0 Å². The van der Waals surface area contributed by atoms with Crippen LogP contribution in [0.1, 0.15) is 13.3 Å². The van der Waals surface area contributed by atoms with Crippen molar-refractivity contribution in [2.24, 2.45) is 0 Å². The lowest BCUT2D eigenvalue weighted by atomic mass is 10.2. The van der Waals surface area contributed by atoms with Gasteiger partial charge in [-0.05, 0) is 6.42 Å². The first kappa shape index (κ1) is 11.9. The minimum Gasteiger partial charge on any atom is -0.392 e. The molecule has 0 bridgehead atoms. The van der Waals surface area contributed by atoms with Gasteiger partial charge in [-0.15, -0.1) is 0 Å². The van der Waals surface area contributed by atoms with Gasteiger partial charge in [-0.25, -0.2) is 0 Å². The zero-order valence-corrected chi connectivity index (χ0v) is 9.46. The van der Waals surface area contributed by atoms with Crippen LogP contribution in [0.2, 0.25) is 19.6 Å². The predicted octanol–water partition coefficient (Wildman–Crippen LogP) is 1.55. The van der Waals surface area contributed by atoms with E-state index < -0.39 is 8.07 Å². The molecule has 0 fully saturated rings. The fraction of sp³-hybridized carbons (Fsp3) is 0.778. The summed E-state index contributed by atoms with van der Waals surface area (Å²) in [7, 11) is -1.44. The molecule has 0 rings (SSSR count). The molecule has 0 aromatic rings. The molecule has 0 aliphatic carbocycles. The second-order valence-corrected chi connectivity index (χ2v) is 9.09. The Hall–Kier alpha value is -0.123. The fourth-order valence-corrected chi connectivity index (χ4v) is 3.17. The summed E-state index contributed by atoms with van der Waals surface area (Å²) in [5, 5.41) is 19.5. The minimum atomic E-state index is -1.44. The largest absolute Gasteiger partial charge is 0.392 e. The van der Waals surface area contributed by atoms with Crippen molar-refractivity contribution >= 4 is 8.07 Å². The lowest BCUT2D eigenvalue weighted by Gasteiger charge is -2.24. The van der Waals surface area contributed by atoms with E-state index in [1.807, 2.05) is 6.92 Å². The van der Waals surface area contributed by atoms with Gasteiger partial charge < -0.3 is 10.2 Å². The second-order valence-electron chi connectivity index (χ2n) is 4.02. The second kappa shape index (κ2) is 4.79. The standard InChI is InChI=1S/C9H20O2Si/c1-5-8(11)9(6-7-10)12(2,3)4/h6,8,10-11H,5,7H2,1-4H3/b9-6+. The summed E-state index contributed by atoms with van der Waals surface area (Å²) in [6.07, 6.45) is 2.14. The molecule has 0 aliphatic heterocycles. The zero-order valence-electron chi connectivity index (χ0n) is 8.46. The Morgan fingerprint density at radius 3 is 2.17 bits per heavy atom. The van der Waals surface area contributed by atoms with Gasteiger partial charge in [-0.1, -0.05) is 37.8 Å². The molecule has 2 nitrogen and oxygen atoms in total. The Kier molecular flexibility index (Phi) is 4.75. The van der Waals surface area contributed by atoms with Gasteiger partial charge in [0, 0.05) is 0 Å². The average molecular weight is 188 g/mol. The van der Waals surface area contributed by atoms with Crippen molar-refractivity contribution in [1.29, 1.82) is 0 Å². The van der Waals surface area contributed by atoms with Crippen LogP contribution < -0.4 is 0 Å². The molecule has 1 atom stereocenters. The lowest BCUT2D eigenvalue weighted by Crippen LogP contribution is -2.32. The maximum atomic E-state index is 9.64. The highest BCUT2D eigenvalue weighted by Crippen LogP contribution is 2.19. The van der Waals surface area contributed by atoms with E-state index in [9.17, 15) is 5.11 Å². The highest BCUT2D eigenvalue weighted by atomic mass is 28.3. The SMILES string of the molecule is CCC(O)/C(=C\CO)[Si](C)(C)C. The number of aliphatic hydroxyl groups excluding tert-OH is 2. The molecule has 0 aliphatic rings. The maximum absolute atomic E-state index is 9.64. The molecule has 0 saturated carbocycles. The third-order valence-corrected chi connectivity index (χ3v) is 4.19. The molecular formula is C9H20O2Si. The van der Waals surface area contributed by atoms with Gasteiger partial charge in [-0.2, -0.15) is 0 Å². The van der Waals surface area contributed by atoms with Crippen LogP contribution in [0, 0.1) is 0 Å². The molecule has 72 valence electrons. The van der Waals surface area contributed by atoms with Crippen LogP contribution in [0.4, 0.5) is 0 Å². The molecule has 0 heterocycles. The summed E-state index contributed by atoms with van der Waals surface area (Å²) >= 11 is 0. The summed E-state index contributed by atoms with van der Waals surface area (Å²) in [4.78, 5) is 0. The predicted molar refractivity (Wildman–Crippen MR) is 54.8 cm³/mol. The monoisotopic (exact) mass is 188 g/mol. The molecule has 0 aromatic heterocycles. The van der Waals surface area contributed by atoms with Crippen molar-refractivity contribution in [3.8, 4) is 0 Å². The summed E-state index contributed by atoms with van der Waals surface area (Å²) < 4.78 is 0. The molecular weight excluding hydrogens is 168 g/mol. The Morgan fingerprint density at radius 2 is 1.92 bits per heavy atom.